The SMILES string of the molecule is C/N=S(\C)CC1CN=C(C(F)(F)F)S1. The molecule has 0 spiro atoms. The van der Waals surface area contributed by atoms with Crippen LogP contribution in [0.4, 0.5) is 13.2 Å². The van der Waals surface area contributed by atoms with Gasteiger partial charge in [-0.2, -0.15) is 13.2 Å². The third-order valence-corrected chi connectivity index (χ3v) is 4.65. The normalized spacial score (nSPS) is 25.2. The first-order valence-electron chi connectivity index (χ1n) is 3.94. The third kappa shape index (κ3) is 3.27. The molecule has 0 bridgehead atoms. The largest absolute Gasteiger partial charge is 0.439 e. The molecule has 1 rings (SSSR count). The molecular weight excluding hydrogens is 233 g/mol. The van der Waals surface area contributed by atoms with Gasteiger partial charge >= 0.3 is 6.18 Å². The van der Waals surface area contributed by atoms with Crippen molar-refractivity contribution in [1.82, 2.24) is 0 Å². The fourth-order valence-corrected chi connectivity index (χ4v) is 3.41. The van der Waals surface area contributed by atoms with Gasteiger partial charge in [0.2, 0.25) is 0 Å². The second kappa shape index (κ2) is 4.65. The average Bonchev–Trinajstić information content (AvgIpc) is 2.51. The molecule has 82 valence electrons. The van der Waals surface area contributed by atoms with Crippen molar-refractivity contribution in [3.05, 3.63) is 0 Å². The maximum Gasteiger partial charge on any atom is 0.439 e. The van der Waals surface area contributed by atoms with E-state index in [9.17, 15) is 13.2 Å². The van der Waals surface area contributed by atoms with Crippen LogP contribution < -0.4 is 0 Å². The van der Waals surface area contributed by atoms with Gasteiger partial charge in [-0.25, -0.2) is 0 Å². The van der Waals surface area contributed by atoms with Crippen LogP contribution in [-0.2, 0) is 10.7 Å². The lowest BCUT2D eigenvalue weighted by Gasteiger charge is -2.09. The summed E-state index contributed by atoms with van der Waals surface area (Å²) in [7, 11) is 1.54. The highest BCUT2D eigenvalue weighted by molar-refractivity contribution is 8.15. The summed E-state index contributed by atoms with van der Waals surface area (Å²) in [6, 6.07) is 0. The Morgan fingerprint density at radius 2 is 2.29 bits per heavy atom. The summed E-state index contributed by atoms with van der Waals surface area (Å²) in [6.45, 7) is 0.270. The van der Waals surface area contributed by atoms with Crippen molar-refractivity contribution >= 4 is 27.5 Å². The molecule has 0 saturated carbocycles. The van der Waals surface area contributed by atoms with E-state index in [1.54, 1.807) is 7.05 Å². The molecule has 0 N–H and O–H groups in total. The van der Waals surface area contributed by atoms with Gasteiger partial charge in [-0.3, -0.25) is 9.36 Å². The van der Waals surface area contributed by atoms with E-state index >= 15 is 0 Å². The lowest BCUT2D eigenvalue weighted by Crippen LogP contribution is -2.19. The highest BCUT2D eigenvalue weighted by atomic mass is 32.2. The van der Waals surface area contributed by atoms with E-state index in [0.29, 0.717) is 5.75 Å². The summed E-state index contributed by atoms with van der Waals surface area (Å²) in [5.41, 5.74) is 0. The maximum atomic E-state index is 12.2. The van der Waals surface area contributed by atoms with Crippen LogP contribution >= 0.6 is 11.8 Å². The van der Waals surface area contributed by atoms with Gasteiger partial charge in [-0.1, -0.05) is 11.8 Å². The molecule has 2 atom stereocenters. The molecule has 7 heteroatoms. The van der Waals surface area contributed by atoms with E-state index in [4.69, 9.17) is 0 Å². The Labute approximate surface area is 87.5 Å². The van der Waals surface area contributed by atoms with E-state index in [2.05, 4.69) is 9.36 Å². The van der Waals surface area contributed by atoms with Gasteiger partial charge in [0.15, 0.2) is 5.04 Å². The van der Waals surface area contributed by atoms with Crippen molar-refractivity contribution < 1.29 is 13.2 Å². The van der Waals surface area contributed by atoms with Crippen molar-refractivity contribution in [3.63, 3.8) is 0 Å². The zero-order valence-electron chi connectivity index (χ0n) is 7.84. The number of nitrogens with zero attached hydrogens (tertiary/aromatic N) is 2. The topological polar surface area (TPSA) is 24.7 Å². The molecule has 0 radical (unpaired) electrons. The lowest BCUT2D eigenvalue weighted by atomic mass is 10.5. The number of halogens is 3. The van der Waals surface area contributed by atoms with Crippen LogP contribution in [0.3, 0.4) is 0 Å². The Morgan fingerprint density at radius 1 is 1.64 bits per heavy atom. The minimum Gasteiger partial charge on any atom is -0.273 e. The molecule has 0 amide bonds. The predicted octanol–water partition coefficient (Wildman–Crippen LogP) is 2.12. The first-order valence-corrected chi connectivity index (χ1v) is 6.58. The minimum atomic E-state index is -4.27. The van der Waals surface area contributed by atoms with E-state index in [-0.39, 0.29) is 22.5 Å². The molecule has 1 aliphatic heterocycles. The van der Waals surface area contributed by atoms with Crippen molar-refractivity contribution in [3.8, 4) is 0 Å². The molecule has 0 fully saturated rings. The van der Waals surface area contributed by atoms with Crippen LogP contribution in [0.25, 0.3) is 0 Å². The molecule has 0 aromatic carbocycles. The first kappa shape index (κ1) is 12.0. The molecule has 2 unspecified atom stereocenters. The zero-order chi connectivity index (χ0) is 10.8. The van der Waals surface area contributed by atoms with Gasteiger partial charge in [0, 0.05) is 18.1 Å². The van der Waals surface area contributed by atoms with Crippen LogP contribution in [0, 0.1) is 0 Å². The third-order valence-electron chi connectivity index (χ3n) is 1.70. The predicted molar refractivity (Wildman–Crippen MR) is 56.2 cm³/mol. The Balaban J connectivity index is 2.47. The zero-order valence-corrected chi connectivity index (χ0v) is 9.47. The molecule has 0 aromatic heterocycles. The van der Waals surface area contributed by atoms with Crippen LogP contribution in [0.5, 0.6) is 0 Å². The second-order valence-corrected chi connectivity index (χ2v) is 6.02. The monoisotopic (exact) mass is 244 g/mol. The Morgan fingerprint density at radius 3 is 2.71 bits per heavy atom. The maximum absolute atomic E-state index is 12.2. The highest BCUT2D eigenvalue weighted by Crippen LogP contribution is 2.32. The van der Waals surface area contributed by atoms with Crippen molar-refractivity contribution in [2.24, 2.45) is 9.36 Å². The Bertz CT molecular complexity index is 273. The molecule has 0 aromatic rings. The number of hydrogen-bond acceptors (Lipinski definition) is 3. The smallest absolute Gasteiger partial charge is 0.273 e. The summed E-state index contributed by atoms with van der Waals surface area (Å²) < 4.78 is 40.6. The van der Waals surface area contributed by atoms with Gasteiger partial charge in [-0.15, -0.1) is 10.7 Å². The van der Waals surface area contributed by atoms with Crippen LogP contribution in [0.15, 0.2) is 9.36 Å². The van der Waals surface area contributed by atoms with E-state index < -0.39 is 11.2 Å². The Kier molecular flexibility index (Phi) is 4.00. The van der Waals surface area contributed by atoms with Gasteiger partial charge in [0.1, 0.15) is 0 Å². The van der Waals surface area contributed by atoms with Crippen LogP contribution in [0.1, 0.15) is 0 Å². The van der Waals surface area contributed by atoms with E-state index in [1.807, 2.05) is 6.26 Å². The summed E-state index contributed by atoms with van der Waals surface area (Å²) in [5.74, 6) is 0.685. The molecule has 1 heterocycles. The first-order chi connectivity index (χ1) is 6.43. The van der Waals surface area contributed by atoms with Gasteiger partial charge in [0.25, 0.3) is 0 Å². The van der Waals surface area contributed by atoms with E-state index in [1.165, 1.54) is 0 Å². The minimum absolute atomic E-state index is 0.0522. The average molecular weight is 244 g/mol. The molecule has 0 aliphatic carbocycles. The molecular formula is C7H11F3N2S2. The Hall–Kier alpha value is -0.0400. The van der Waals surface area contributed by atoms with Crippen molar-refractivity contribution in [2.45, 2.75) is 11.4 Å². The number of alkyl halides is 3. The molecule has 1 aliphatic rings. The lowest BCUT2D eigenvalue weighted by molar-refractivity contribution is -0.0554. The van der Waals surface area contributed by atoms with E-state index in [0.717, 1.165) is 11.8 Å². The van der Waals surface area contributed by atoms with Crippen LogP contribution in [-0.4, -0.2) is 42.1 Å². The number of thioether (sulfide) groups is 1. The second-order valence-electron chi connectivity index (χ2n) is 2.83. The highest BCUT2D eigenvalue weighted by Gasteiger charge is 2.40. The fourth-order valence-electron chi connectivity index (χ4n) is 1.00. The summed E-state index contributed by atoms with van der Waals surface area (Å²) >= 11 is 0.833. The van der Waals surface area contributed by atoms with Crippen LogP contribution in [0.2, 0.25) is 0 Å². The molecule has 2 nitrogen and oxygen atoms in total. The molecule has 0 saturated heterocycles. The standard InChI is InChI=1S/C7H11F3N2S2/c1-11-14(2)4-5-3-12-6(13-5)7(8,9)10/h5H,3-4H2,1-2H3. The summed E-state index contributed by atoms with van der Waals surface area (Å²) in [5, 5.41) is -0.737. The number of aliphatic imine (C=N–C) groups is 1. The van der Waals surface area contributed by atoms with Gasteiger partial charge in [0.05, 0.1) is 6.54 Å². The quantitative estimate of drug-likeness (QED) is 0.730. The van der Waals surface area contributed by atoms with Gasteiger partial charge < -0.3 is 0 Å². The number of hydrogen-bond donors (Lipinski definition) is 0. The fraction of sp³-hybridized carbons (Fsp3) is 0.857. The van der Waals surface area contributed by atoms with Gasteiger partial charge in [-0.05, 0) is 6.26 Å². The number of rotatable bonds is 2. The van der Waals surface area contributed by atoms with Crippen molar-refractivity contribution in [1.29, 1.82) is 0 Å². The molecule has 14 heavy (non-hydrogen) atoms. The summed E-state index contributed by atoms with van der Waals surface area (Å²) in [4.78, 5) is 3.49. The van der Waals surface area contributed by atoms with Crippen molar-refractivity contribution in [2.75, 3.05) is 25.6 Å². The summed E-state index contributed by atoms with van der Waals surface area (Å²) in [6.07, 6.45) is -2.35.